The summed E-state index contributed by atoms with van der Waals surface area (Å²) in [5.41, 5.74) is 9.09. The Labute approximate surface area is 155 Å². The van der Waals surface area contributed by atoms with E-state index in [0.29, 0.717) is 11.8 Å². The summed E-state index contributed by atoms with van der Waals surface area (Å²) in [5, 5.41) is 12.5. The molecule has 1 aliphatic carbocycles. The smallest absolute Gasteiger partial charge is 0.229 e. The highest BCUT2D eigenvalue weighted by atomic mass is 19.1. The van der Waals surface area contributed by atoms with E-state index >= 15 is 0 Å². The Hall–Kier alpha value is -3.06. The van der Waals surface area contributed by atoms with Crippen molar-refractivity contribution in [1.29, 1.82) is 0 Å². The number of nitrogens with zero attached hydrogens (tertiary/aromatic N) is 2. The molecule has 6 nitrogen and oxygen atoms in total. The van der Waals surface area contributed by atoms with E-state index in [1.807, 2.05) is 19.1 Å². The average molecular weight is 366 g/mol. The van der Waals surface area contributed by atoms with Crippen LogP contribution >= 0.6 is 0 Å². The van der Waals surface area contributed by atoms with E-state index in [-0.39, 0.29) is 41.2 Å². The number of fused-ring (bicyclic) bond motifs is 1. The Morgan fingerprint density at radius 3 is 2.93 bits per heavy atom. The predicted octanol–water partition coefficient (Wildman–Crippen LogP) is 2.89. The topological polar surface area (TPSA) is 101 Å². The molecule has 2 atom stereocenters. The van der Waals surface area contributed by atoms with Gasteiger partial charge in [0.15, 0.2) is 0 Å². The summed E-state index contributed by atoms with van der Waals surface area (Å²) in [6, 6.07) is 7.01. The lowest BCUT2D eigenvalue weighted by molar-refractivity contribution is -0.117. The maximum atomic E-state index is 14.5. The number of aromatic nitrogens is 2. The number of carbonyl (C=O) groups excluding carboxylic acids is 1. The van der Waals surface area contributed by atoms with Gasteiger partial charge in [-0.2, -0.15) is 4.39 Å². The first-order valence-electron chi connectivity index (χ1n) is 8.70. The number of anilines is 2. The van der Waals surface area contributed by atoms with Crippen LogP contribution < -0.4 is 11.1 Å². The molecule has 1 fully saturated rings. The van der Waals surface area contributed by atoms with Gasteiger partial charge in [-0.1, -0.05) is 0 Å². The van der Waals surface area contributed by atoms with Gasteiger partial charge in [-0.3, -0.25) is 9.78 Å². The third-order valence-corrected chi connectivity index (χ3v) is 5.01. The number of rotatable bonds is 4. The van der Waals surface area contributed by atoms with E-state index < -0.39 is 5.95 Å². The first kappa shape index (κ1) is 17.4. The minimum absolute atomic E-state index is 0.0221. The van der Waals surface area contributed by atoms with Gasteiger partial charge in [0.1, 0.15) is 5.82 Å². The quantitative estimate of drug-likeness (QED) is 0.487. The van der Waals surface area contributed by atoms with E-state index in [4.69, 9.17) is 10.8 Å². The molecule has 3 aromatic rings. The number of aryl methyl sites for hydroxylation is 1. The molecule has 1 aromatic carbocycles. The fraction of sp³-hybridized carbons (Fsp3) is 0.250. The zero-order chi connectivity index (χ0) is 19.1. The number of halogens is 1. The van der Waals surface area contributed by atoms with Crippen LogP contribution in [0.2, 0.25) is 0 Å². The van der Waals surface area contributed by atoms with Crippen LogP contribution in [-0.4, -0.2) is 27.6 Å². The second-order valence-corrected chi connectivity index (χ2v) is 6.93. The van der Waals surface area contributed by atoms with Crippen molar-refractivity contribution in [1.82, 2.24) is 9.97 Å². The largest absolute Gasteiger partial charge is 0.398 e. The van der Waals surface area contributed by atoms with Gasteiger partial charge >= 0.3 is 0 Å². The van der Waals surface area contributed by atoms with E-state index in [2.05, 4.69) is 15.3 Å². The monoisotopic (exact) mass is 366 g/mol. The molecule has 1 aliphatic rings. The Kier molecular flexibility index (Phi) is 4.24. The summed E-state index contributed by atoms with van der Waals surface area (Å²) in [6.07, 6.45) is 4.08. The van der Waals surface area contributed by atoms with Gasteiger partial charge in [0.2, 0.25) is 11.9 Å². The van der Waals surface area contributed by atoms with Crippen molar-refractivity contribution >= 4 is 28.2 Å². The molecule has 7 heteroatoms. The molecule has 0 spiro atoms. The van der Waals surface area contributed by atoms with E-state index in [0.717, 1.165) is 16.7 Å². The van der Waals surface area contributed by atoms with E-state index in [1.165, 1.54) is 0 Å². The highest BCUT2D eigenvalue weighted by Gasteiger charge is 2.42. The molecule has 1 amide bonds. The van der Waals surface area contributed by atoms with Gasteiger partial charge in [-0.25, -0.2) is 4.98 Å². The fourth-order valence-corrected chi connectivity index (χ4v) is 3.36. The maximum Gasteiger partial charge on any atom is 0.229 e. The molecule has 1 saturated carbocycles. The summed E-state index contributed by atoms with van der Waals surface area (Å²) < 4.78 is 14.5. The normalized spacial score (nSPS) is 18.5. The van der Waals surface area contributed by atoms with Crippen LogP contribution in [0.4, 0.5) is 15.9 Å². The summed E-state index contributed by atoms with van der Waals surface area (Å²) in [5.74, 6) is -1.12. The minimum Gasteiger partial charge on any atom is -0.398 e. The Morgan fingerprint density at radius 1 is 1.41 bits per heavy atom. The molecule has 2 unspecified atom stereocenters. The fourth-order valence-electron chi connectivity index (χ4n) is 3.36. The van der Waals surface area contributed by atoms with Crippen molar-refractivity contribution in [2.45, 2.75) is 13.3 Å². The van der Waals surface area contributed by atoms with E-state index in [9.17, 15) is 9.18 Å². The third kappa shape index (κ3) is 3.21. The van der Waals surface area contributed by atoms with Crippen molar-refractivity contribution in [3.8, 4) is 11.1 Å². The second kappa shape index (κ2) is 6.59. The first-order chi connectivity index (χ1) is 13.0. The second-order valence-electron chi connectivity index (χ2n) is 6.93. The molecule has 0 saturated heterocycles. The number of benzene rings is 1. The molecule has 138 valence electrons. The molecular formula is C20H19FN4O2. The minimum atomic E-state index is -0.732. The first-order valence-corrected chi connectivity index (χ1v) is 8.70. The summed E-state index contributed by atoms with van der Waals surface area (Å²) >= 11 is 0. The van der Waals surface area contributed by atoms with E-state index in [1.54, 1.807) is 24.5 Å². The molecule has 27 heavy (non-hydrogen) atoms. The van der Waals surface area contributed by atoms with Crippen LogP contribution in [0.15, 0.2) is 36.7 Å². The standard InChI is InChI=1S/C20H19FN4O2/c1-10-2-3-23-8-15(10)11-4-12-7-17(24-19(21)18(12)16(22)6-11)25-20(27)14-5-13(14)9-26/h2-4,6-8,13-14,26H,5,9,22H2,1H3,(H,24,25,27). The molecular weight excluding hydrogens is 347 g/mol. The molecule has 2 aromatic heterocycles. The number of nitrogens with one attached hydrogen (secondary N) is 1. The molecule has 2 heterocycles. The van der Waals surface area contributed by atoms with Gasteiger partial charge in [0.25, 0.3) is 0 Å². The van der Waals surface area contributed by atoms with Crippen molar-refractivity contribution in [3.63, 3.8) is 0 Å². The van der Waals surface area contributed by atoms with Crippen molar-refractivity contribution < 1.29 is 14.3 Å². The van der Waals surface area contributed by atoms with Crippen LogP contribution in [0.3, 0.4) is 0 Å². The maximum absolute atomic E-state index is 14.5. The number of nitrogens with two attached hydrogens (primary N) is 1. The lowest BCUT2D eigenvalue weighted by Gasteiger charge is -2.11. The summed E-state index contributed by atoms with van der Waals surface area (Å²) in [4.78, 5) is 20.1. The van der Waals surface area contributed by atoms with Crippen molar-refractivity contribution in [2.75, 3.05) is 17.7 Å². The number of hydrogen-bond donors (Lipinski definition) is 3. The highest BCUT2D eigenvalue weighted by Crippen LogP contribution is 2.39. The number of pyridine rings is 2. The molecule has 0 radical (unpaired) electrons. The van der Waals surface area contributed by atoms with Crippen LogP contribution in [0.25, 0.3) is 21.9 Å². The van der Waals surface area contributed by atoms with Crippen molar-refractivity contribution in [2.24, 2.45) is 11.8 Å². The number of hydrogen-bond acceptors (Lipinski definition) is 5. The molecule has 0 aliphatic heterocycles. The van der Waals surface area contributed by atoms with Crippen molar-refractivity contribution in [3.05, 3.63) is 48.2 Å². The Bertz CT molecular complexity index is 1050. The van der Waals surface area contributed by atoms with Gasteiger partial charge < -0.3 is 16.2 Å². The number of aliphatic hydroxyl groups excluding tert-OH is 1. The molecule has 4 rings (SSSR count). The number of aliphatic hydroxyl groups is 1. The summed E-state index contributed by atoms with van der Waals surface area (Å²) in [7, 11) is 0. The van der Waals surface area contributed by atoms with Gasteiger partial charge in [0.05, 0.1) is 5.39 Å². The lowest BCUT2D eigenvalue weighted by atomic mass is 9.99. The van der Waals surface area contributed by atoms with Gasteiger partial charge in [-0.15, -0.1) is 0 Å². The Balaban J connectivity index is 1.74. The number of amides is 1. The Morgan fingerprint density at radius 2 is 2.22 bits per heavy atom. The lowest BCUT2D eigenvalue weighted by Crippen LogP contribution is -2.16. The van der Waals surface area contributed by atoms with Crippen LogP contribution in [0, 0.1) is 24.7 Å². The molecule has 4 N–H and O–H groups in total. The number of nitrogen functional groups attached to an aromatic ring is 1. The van der Waals surface area contributed by atoms with Crippen LogP contribution in [-0.2, 0) is 4.79 Å². The zero-order valence-corrected chi connectivity index (χ0v) is 14.7. The van der Waals surface area contributed by atoms with Crippen LogP contribution in [0.1, 0.15) is 12.0 Å². The number of carbonyl (C=O) groups is 1. The summed E-state index contributed by atoms with van der Waals surface area (Å²) in [6.45, 7) is 1.94. The predicted molar refractivity (Wildman–Crippen MR) is 101 cm³/mol. The van der Waals surface area contributed by atoms with Crippen LogP contribution in [0.5, 0.6) is 0 Å². The zero-order valence-electron chi connectivity index (χ0n) is 14.7. The third-order valence-electron chi connectivity index (χ3n) is 5.01. The van der Waals surface area contributed by atoms with Gasteiger partial charge in [-0.05, 0) is 60.0 Å². The molecule has 0 bridgehead atoms. The average Bonchev–Trinajstić information content (AvgIpc) is 3.41. The highest BCUT2D eigenvalue weighted by molar-refractivity contribution is 6.00. The van der Waals surface area contributed by atoms with Gasteiger partial charge in [0, 0.05) is 36.2 Å². The SMILES string of the molecule is Cc1ccncc1-c1cc(N)c2c(F)nc(NC(=O)C3CC3CO)cc2c1.